The van der Waals surface area contributed by atoms with Crippen molar-refractivity contribution in [2.45, 2.75) is 23.3 Å². The fraction of sp³-hybridized carbons (Fsp3) is 0.250. The van der Waals surface area contributed by atoms with Crippen LogP contribution in [0.5, 0.6) is 0 Å². The van der Waals surface area contributed by atoms with Gasteiger partial charge in [-0.05, 0) is 35.7 Å². The predicted molar refractivity (Wildman–Crippen MR) is 78.0 cm³/mol. The van der Waals surface area contributed by atoms with E-state index < -0.39 is 0 Å². The van der Waals surface area contributed by atoms with E-state index in [-0.39, 0.29) is 11.9 Å². The second-order valence-corrected chi connectivity index (χ2v) is 6.01. The summed E-state index contributed by atoms with van der Waals surface area (Å²) in [6.07, 6.45) is 0.792. The SMILES string of the molecule is NC(Cc1ccc(F)cc1)C1CSc2ccccc21. The molecule has 0 bridgehead atoms. The minimum Gasteiger partial charge on any atom is -0.327 e. The molecule has 3 heteroatoms. The zero-order valence-corrected chi connectivity index (χ0v) is 11.4. The summed E-state index contributed by atoms with van der Waals surface area (Å²) in [5.41, 5.74) is 8.82. The van der Waals surface area contributed by atoms with Crippen LogP contribution >= 0.6 is 11.8 Å². The van der Waals surface area contributed by atoms with Gasteiger partial charge in [-0.3, -0.25) is 0 Å². The van der Waals surface area contributed by atoms with Gasteiger partial charge in [0.1, 0.15) is 5.82 Å². The second kappa shape index (κ2) is 5.35. The van der Waals surface area contributed by atoms with Crippen LogP contribution in [0.15, 0.2) is 53.4 Å². The van der Waals surface area contributed by atoms with E-state index in [2.05, 4.69) is 24.3 Å². The molecule has 0 saturated heterocycles. The molecule has 1 heterocycles. The first-order valence-electron chi connectivity index (χ1n) is 6.46. The van der Waals surface area contributed by atoms with Gasteiger partial charge in [0.05, 0.1) is 0 Å². The molecule has 0 saturated carbocycles. The molecule has 0 aliphatic carbocycles. The molecule has 1 nitrogen and oxygen atoms in total. The summed E-state index contributed by atoms with van der Waals surface area (Å²) >= 11 is 1.88. The second-order valence-electron chi connectivity index (χ2n) is 4.95. The van der Waals surface area contributed by atoms with Crippen molar-refractivity contribution in [3.63, 3.8) is 0 Å². The van der Waals surface area contributed by atoms with E-state index in [1.54, 1.807) is 0 Å². The molecular formula is C16H16FNS. The minimum absolute atomic E-state index is 0.0848. The monoisotopic (exact) mass is 273 g/mol. The number of halogens is 1. The first-order chi connectivity index (χ1) is 9.24. The molecule has 2 N–H and O–H groups in total. The molecule has 0 fully saturated rings. The van der Waals surface area contributed by atoms with Crippen LogP contribution in [0.1, 0.15) is 17.0 Å². The van der Waals surface area contributed by atoms with Crippen LogP contribution in [0.3, 0.4) is 0 Å². The van der Waals surface area contributed by atoms with E-state index in [4.69, 9.17) is 5.73 Å². The van der Waals surface area contributed by atoms with Gasteiger partial charge in [0.15, 0.2) is 0 Å². The van der Waals surface area contributed by atoms with E-state index in [0.717, 1.165) is 17.7 Å². The Morgan fingerprint density at radius 3 is 2.68 bits per heavy atom. The third kappa shape index (κ3) is 2.67. The van der Waals surface area contributed by atoms with Crippen molar-refractivity contribution in [3.8, 4) is 0 Å². The van der Waals surface area contributed by atoms with Crippen LogP contribution in [-0.4, -0.2) is 11.8 Å². The number of hydrogen-bond acceptors (Lipinski definition) is 2. The normalized spacial score (nSPS) is 19.2. The molecule has 2 atom stereocenters. The maximum absolute atomic E-state index is 12.9. The Bertz CT molecular complexity index is 567. The third-order valence-electron chi connectivity index (χ3n) is 3.64. The Morgan fingerprint density at radius 1 is 1.16 bits per heavy atom. The molecule has 0 radical (unpaired) electrons. The van der Waals surface area contributed by atoms with Crippen LogP contribution in [0.2, 0.25) is 0 Å². The van der Waals surface area contributed by atoms with Crippen LogP contribution < -0.4 is 5.73 Å². The summed E-state index contributed by atoms with van der Waals surface area (Å²) < 4.78 is 12.9. The molecule has 1 aliphatic heterocycles. The highest BCUT2D eigenvalue weighted by atomic mass is 32.2. The number of rotatable bonds is 3. The minimum atomic E-state index is -0.195. The average Bonchev–Trinajstić information content (AvgIpc) is 2.85. The van der Waals surface area contributed by atoms with Gasteiger partial charge in [0.2, 0.25) is 0 Å². The number of hydrogen-bond donors (Lipinski definition) is 1. The van der Waals surface area contributed by atoms with Crippen molar-refractivity contribution < 1.29 is 4.39 Å². The lowest BCUT2D eigenvalue weighted by molar-refractivity contribution is 0.570. The summed E-state index contributed by atoms with van der Waals surface area (Å²) in [5.74, 6) is 1.24. The summed E-state index contributed by atoms with van der Waals surface area (Å²) in [6.45, 7) is 0. The molecule has 2 unspecified atom stereocenters. The molecule has 0 aromatic heterocycles. The fourth-order valence-electron chi connectivity index (χ4n) is 2.58. The standard InChI is InChI=1S/C16H16FNS/c17-12-7-5-11(6-8-12)9-15(18)14-10-19-16-4-2-1-3-13(14)16/h1-8,14-15H,9-10,18H2. The lowest BCUT2D eigenvalue weighted by atomic mass is 9.90. The Morgan fingerprint density at radius 2 is 1.89 bits per heavy atom. The zero-order valence-electron chi connectivity index (χ0n) is 10.6. The number of thioether (sulfide) groups is 1. The number of nitrogens with two attached hydrogens (primary N) is 1. The van der Waals surface area contributed by atoms with Gasteiger partial charge in [0.25, 0.3) is 0 Å². The third-order valence-corrected chi connectivity index (χ3v) is 4.85. The van der Waals surface area contributed by atoms with Crippen molar-refractivity contribution in [1.29, 1.82) is 0 Å². The van der Waals surface area contributed by atoms with Crippen molar-refractivity contribution in [2.75, 3.05) is 5.75 Å². The molecule has 0 amide bonds. The smallest absolute Gasteiger partial charge is 0.123 e. The van der Waals surface area contributed by atoms with Crippen LogP contribution in [0, 0.1) is 5.82 Å². The van der Waals surface area contributed by atoms with E-state index in [9.17, 15) is 4.39 Å². The van der Waals surface area contributed by atoms with E-state index in [1.165, 1.54) is 22.6 Å². The van der Waals surface area contributed by atoms with E-state index in [0.29, 0.717) is 5.92 Å². The fourth-order valence-corrected chi connectivity index (χ4v) is 3.92. The average molecular weight is 273 g/mol. The Balaban J connectivity index is 1.75. The summed E-state index contributed by atoms with van der Waals surface area (Å²) in [4.78, 5) is 1.35. The van der Waals surface area contributed by atoms with Crippen molar-refractivity contribution >= 4 is 11.8 Å². The molecule has 19 heavy (non-hydrogen) atoms. The Labute approximate surface area is 117 Å². The first kappa shape index (κ1) is 12.7. The van der Waals surface area contributed by atoms with Gasteiger partial charge in [-0.1, -0.05) is 30.3 Å². The van der Waals surface area contributed by atoms with Crippen molar-refractivity contribution in [2.24, 2.45) is 5.73 Å². The summed E-state index contributed by atoms with van der Waals surface area (Å²) in [6, 6.07) is 15.2. The van der Waals surface area contributed by atoms with Crippen molar-refractivity contribution in [1.82, 2.24) is 0 Å². The molecule has 2 aromatic rings. The molecule has 3 rings (SSSR count). The van der Waals surface area contributed by atoms with Gasteiger partial charge >= 0.3 is 0 Å². The highest BCUT2D eigenvalue weighted by Gasteiger charge is 2.27. The Hall–Kier alpha value is -1.32. The maximum Gasteiger partial charge on any atom is 0.123 e. The largest absolute Gasteiger partial charge is 0.327 e. The summed E-state index contributed by atoms with van der Waals surface area (Å²) in [5, 5.41) is 0. The van der Waals surface area contributed by atoms with E-state index in [1.807, 2.05) is 23.9 Å². The maximum atomic E-state index is 12.9. The highest BCUT2D eigenvalue weighted by Crippen LogP contribution is 2.41. The molecule has 98 valence electrons. The predicted octanol–water partition coefficient (Wildman–Crippen LogP) is 3.59. The quantitative estimate of drug-likeness (QED) is 0.925. The van der Waals surface area contributed by atoms with Crippen LogP contribution in [-0.2, 0) is 6.42 Å². The van der Waals surface area contributed by atoms with Crippen LogP contribution in [0.25, 0.3) is 0 Å². The first-order valence-corrected chi connectivity index (χ1v) is 7.44. The van der Waals surface area contributed by atoms with Crippen LogP contribution in [0.4, 0.5) is 4.39 Å². The van der Waals surface area contributed by atoms with Gasteiger partial charge in [-0.2, -0.15) is 0 Å². The highest BCUT2D eigenvalue weighted by molar-refractivity contribution is 7.99. The number of benzene rings is 2. The van der Waals surface area contributed by atoms with Crippen molar-refractivity contribution in [3.05, 3.63) is 65.5 Å². The zero-order chi connectivity index (χ0) is 13.2. The Kier molecular flexibility index (Phi) is 3.58. The lowest BCUT2D eigenvalue weighted by Crippen LogP contribution is -2.30. The van der Waals surface area contributed by atoms with E-state index >= 15 is 0 Å². The van der Waals surface area contributed by atoms with Gasteiger partial charge in [-0.15, -0.1) is 11.8 Å². The van der Waals surface area contributed by atoms with Gasteiger partial charge in [0, 0.05) is 22.6 Å². The van der Waals surface area contributed by atoms with Gasteiger partial charge < -0.3 is 5.73 Å². The molecular weight excluding hydrogens is 257 g/mol. The van der Waals surface area contributed by atoms with Gasteiger partial charge in [-0.25, -0.2) is 4.39 Å². The molecule has 2 aromatic carbocycles. The number of fused-ring (bicyclic) bond motifs is 1. The topological polar surface area (TPSA) is 26.0 Å². The lowest BCUT2D eigenvalue weighted by Gasteiger charge is -2.19. The molecule has 0 spiro atoms. The summed E-state index contributed by atoms with van der Waals surface area (Å²) in [7, 11) is 0. The molecule has 1 aliphatic rings.